The van der Waals surface area contributed by atoms with Crippen molar-refractivity contribution >= 4 is 21.8 Å². The molecule has 24 heavy (non-hydrogen) atoms. The molecule has 0 saturated carbocycles. The third-order valence-electron chi connectivity index (χ3n) is 3.34. The SMILES string of the molecule is CCCSc1nnc([C@@H](C)NS(=O)(=O)c2ccc(F)cc2)n1CC. The monoisotopic (exact) mass is 372 g/mol. The average Bonchev–Trinajstić information content (AvgIpc) is 2.95. The summed E-state index contributed by atoms with van der Waals surface area (Å²) in [5.41, 5.74) is 0. The topological polar surface area (TPSA) is 76.9 Å². The Bertz CT molecular complexity index is 775. The maximum atomic E-state index is 13.0. The Morgan fingerprint density at radius 3 is 2.50 bits per heavy atom. The lowest BCUT2D eigenvalue weighted by atomic mass is 10.3. The zero-order valence-corrected chi connectivity index (χ0v) is 15.5. The van der Waals surface area contributed by atoms with E-state index in [1.54, 1.807) is 18.7 Å². The van der Waals surface area contributed by atoms with Crippen molar-refractivity contribution in [2.24, 2.45) is 0 Å². The van der Waals surface area contributed by atoms with Crippen LogP contribution in [0.3, 0.4) is 0 Å². The van der Waals surface area contributed by atoms with Gasteiger partial charge in [-0.25, -0.2) is 17.5 Å². The summed E-state index contributed by atoms with van der Waals surface area (Å²) >= 11 is 1.60. The van der Waals surface area contributed by atoms with Crippen LogP contribution >= 0.6 is 11.8 Å². The fourth-order valence-corrected chi connectivity index (χ4v) is 4.25. The summed E-state index contributed by atoms with van der Waals surface area (Å²) in [4.78, 5) is 0.0129. The van der Waals surface area contributed by atoms with Crippen molar-refractivity contribution in [3.63, 3.8) is 0 Å². The average molecular weight is 372 g/mol. The van der Waals surface area contributed by atoms with Crippen LogP contribution in [-0.2, 0) is 16.6 Å². The molecule has 2 aromatic rings. The van der Waals surface area contributed by atoms with Crippen LogP contribution in [0.15, 0.2) is 34.3 Å². The highest BCUT2D eigenvalue weighted by Crippen LogP contribution is 2.22. The molecule has 1 N–H and O–H groups in total. The number of hydrogen-bond acceptors (Lipinski definition) is 5. The van der Waals surface area contributed by atoms with E-state index in [0.29, 0.717) is 12.4 Å². The molecule has 0 radical (unpaired) electrons. The zero-order chi connectivity index (χ0) is 17.7. The molecule has 1 heterocycles. The lowest BCUT2D eigenvalue weighted by Crippen LogP contribution is -2.29. The molecule has 132 valence electrons. The fourth-order valence-electron chi connectivity index (χ4n) is 2.18. The summed E-state index contributed by atoms with van der Waals surface area (Å²) in [6.07, 6.45) is 1.02. The second kappa shape index (κ2) is 8.09. The number of thioether (sulfide) groups is 1. The van der Waals surface area contributed by atoms with Gasteiger partial charge in [0.25, 0.3) is 0 Å². The third kappa shape index (κ3) is 4.34. The van der Waals surface area contributed by atoms with E-state index in [2.05, 4.69) is 21.8 Å². The Morgan fingerprint density at radius 2 is 1.92 bits per heavy atom. The first kappa shape index (κ1) is 18.9. The predicted octanol–water partition coefficient (Wildman–Crippen LogP) is 2.98. The summed E-state index contributed by atoms with van der Waals surface area (Å²) in [5.74, 6) is 1.00. The standard InChI is InChI=1S/C15H21FN4O2S2/c1-4-10-23-15-18-17-14(20(15)5-2)11(3)19-24(21,22)13-8-6-12(16)7-9-13/h6-9,11,19H,4-5,10H2,1-3H3/t11-/m1/s1. The van der Waals surface area contributed by atoms with Gasteiger partial charge in [-0.2, -0.15) is 0 Å². The van der Waals surface area contributed by atoms with Crippen LogP contribution in [0.4, 0.5) is 4.39 Å². The molecule has 0 spiro atoms. The van der Waals surface area contributed by atoms with Crippen molar-refractivity contribution in [3.8, 4) is 0 Å². The number of hydrogen-bond donors (Lipinski definition) is 1. The molecule has 0 aliphatic rings. The first-order valence-electron chi connectivity index (χ1n) is 7.72. The minimum atomic E-state index is -3.76. The first-order chi connectivity index (χ1) is 11.4. The number of rotatable bonds is 8. The molecule has 0 fully saturated rings. The Balaban J connectivity index is 2.21. The van der Waals surface area contributed by atoms with Gasteiger partial charge in [0, 0.05) is 12.3 Å². The number of nitrogens with zero attached hydrogens (tertiary/aromatic N) is 3. The van der Waals surface area contributed by atoms with Crippen LogP contribution in [0.2, 0.25) is 0 Å². The Kier molecular flexibility index (Phi) is 6.36. The molecule has 1 aromatic carbocycles. The summed E-state index contributed by atoms with van der Waals surface area (Å²) < 4.78 is 42.3. The molecule has 0 aliphatic carbocycles. The molecule has 0 aliphatic heterocycles. The van der Waals surface area contributed by atoms with Crippen molar-refractivity contribution in [2.45, 2.75) is 49.8 Å². The van der Waals surface area contributed by atoms with E-state index in [1.807, 2.05) is 11.5 Å². The Labute approximate surface area is 145 Å². The molecule has 0 saturated heterocycles. The van der Waals surface area contributed by atoms with Gasteiger partial charge in [-0.3, -0.25) is 0 Å². The van der Waals surface area contributed by atoms with Crippen LogP contribution < -0.4 is 4.72 Å². The van der Waals surface area contributed by atoms with E-state index < -0.39 is 21.9 Å². The Hall–Kier alpha value is -1.45. The number of sulfonamides is 1. The van der Waals surface area contributed by atoms with Gasteiger partial charge in [-0.15, -0.1) is 10.2 Å². The van der Waals surface area contributed by atoms with Crippen LogP contribution in [0.25, 0.3) is 0 Å². The largest absolute Gasteiger partial charge is 0.305 e. The fraction of sp³-hybridized carbons (Fsp3) is 0.467. The third-order valence-corrected chi connectivity index (χ3v) is 6.07. The van der Waals surface area contributed by atoms with Gasteiger partial charge in [-0.1, -0.05) is 18.7 Å². The van der Waals surface area contributed by atoms with Crippen LogP contribution in [0.1, 0.15) is 39.1 Å². The second-order valence-electron chi connectivity index (χ2n) is 5.23. The maximum Gasteiger partial charge on any atom is 0.241 e. The van der Waals surface area contributed by atoms with Gasteiger partial charge in [0.15, 0.2) is 11.0 Å². The van der Waals surface area contributed by atoms with Gasteiger partial charge in [0.2, 0.25) is 10.0 Å². The molecular formula is C15H21FN4O2S2. The number of benzene rings is 1. The van der Waals surface area contributed by atoms with E-state index in [-0.39, 0.29) is 4.90 Å². The summed E-state index contributed by atoms with van der Waals surface area (Å²) in [7, 11) is -3.76. The molecular weight excluding hydrogens is 351 g/mol. The van der Waals surface area contributed by atoms with E-state index in [1.165, 1.54) is 12.1 Å². The highest BCUT2D eigenvalue weighted by molar-refractivity contribution is 7.99. The van der Waals surface area contributed by atoms with Gasteiger partial charge in [-0.05, 0) is 44.5 Å². The number of halogens is 1. The normalized spacial score (nSPS) is 13.2. The maximum absolute atomic E-state index is 13.0. The van der Waals surface area contributed by atoms with Crippen LogP contribution in [0.5, 0.6) is 0 Å². The van der Waals surface area contributed by atoms with Crippen molar-refractivity contribution in [1.82, 2.24) is 19.5 Å². The number of aromatic nitrogens is 3. The van der Waals surface area contributed by atoms with Crippen LogP contribution in [0, 0.1) is 5.82 Å². The number of nitrogens with one attached hydrogen (secondary N) is 1. The van der Waals surface area contributed by atoms with Gasteiger partial charge < -0.3 is 4.57 Å². The molecule has 2 rings (SSSR count). The first-order valence-corrected chi connectivity index (χ1v) is 10.2. The van der Waals surface area contributed by atoms with Crippen LogP contribution in [-0.4, -0.2) is 28.9 Å². The van der Waals surface area contributed by atoms with E-state index >= 15 is 0 Å². The van der Waals surface area contributed by atoms with Gasteiger partial charge in [0.1, 0.15) is 5.82 Å². The smallest absolute Gasteiger partial charge is 0.241 e. The predicted molar refractivity (Wildman–Crippen MR) is 91.8 cm³/mol. The van der Waals surface area contributed by atoms with Gasteiger partial charge in [0.05, 0.1) is 10.9 Å². The quantitative estimate of drug-likeness (QED) is 0.721. The van der Waals surface area contributed by atoms with Crippen molar-refractivity contribution in [1.29, 1.82) is 0 Å². The minimum Gasteiger partial charge on any atom is -0.305 e. The molecule has 6 nitrogen and oxygen atoms in total. The highest BCUT2D eigenvalue weighted by Gasteiger charge is 2.23. The summed E-state index contributed by atoms with van der Waals surface area (Å²) in [5, 5.41) is 9.07. The zero-order valence-electron chi connectivity index (χ0n) is 13.9. The molecule has 0 bridgehead atoms. The van der Waals surface area contributed by atoms with Gasteiger partial charge >= 0.3 is 0 Å². The summed E-state index contributed by atoms with van der Waals surface area (Å²) in [6, 6.07) is 4.15. The van der Waals surface area contributed by atoms with Crippen molar-refractivity contribution in [3.05, 3.63) is 35.9 Å². The molecule has 9 heteroatoms. The molecule has 0 unspecified atom stereocenters. The minimum absolute atomic E-state index is 0.0129. The van der Waals surface area contributed by atoms with E-state index in [0.717, 1.165) is 29.5 Å². The molecule has 0 amide bonds. The van der Waals surface area contributed by atoms with E-state index in [4.69, 9.17) is 0 Å². The highest BCUT2D eigenvalue weighted by atomic mass is 32.2. The molecule has 1 atom stereocenters. The Morgan fingerprint density at radius 1 is 1.25 bits per heavy atom. The van der Waals surface area contributed by atoms with Crippen molar-refractivity contribution in [2.75, 3.05) is 5.75 Å². The molecule has 1 aromatic heterocycles. The van der Waals surface area contributed by atoms with Crippen molar-refractivity contribution < 1.29 is 12.8 Å². The lowest BCUT2D eigenvalue weighted by Gasteiger charge is -2.15. The van der Waals surface area contributed by atoms with E-state index in [9.17, 15) is 12.8 Å². The summed E-state index contributed by atoms with van der Waals surface area (Å²) in [6.45, 7) is 6.41. The lowest BCUT2D eigenvalue weighted by molar-refractivity contribution is 0.539. The second-order valence-corrected chi connectivity index (χ2v) is 8.01.